The number of hydrogen-bond acceptors (Lipinski definition) is 1. The average Bonchev–Trinajstić information content (AvgIpc) is 2.51. The Morgan fingerprint density at radius 1 is 0.950 bits per heavy atom. The van der Waals surface area contributed by atoms with Gasteiger partial charge in [-0.25, -0.2) is 0 Å². The molecule has 0 spiro atoms. The highest BCUT2D eigenvalue weighted by molar-refractivity contribution is 5.35. The van der Waals surface area contributed by atoms with Crippen LogP contribution in [0.15, 0.2) is 24.3 Å². The van der Waals surface area contributed by atoms with Crippen molar-refractivity contribution in [3.63, 3.8) is 0 Å². The van der Waals surface area contributed by atoms with Crippen LogP contribution in [0, 0.1) is 5.92 Å². The fraction of sp³-hybridized carbons (Fsp3) is 0.684. The molecule has 0 heterocycles. The molecule has 1 N–H and O–H groups in total. The molecule has 0 bridgehead atoms. The summed E-state index contributed by atoms with van der Waals surface area (Å²) < 4.78 is 0. The molecule has 2 aliphatic rings. The normalized spacial score (nSPS) is 33.7. The van der Waals surface area contributed by atoms with Crippen LogP contribution in [0.4, 0.5) is 0 Å². The Morgan fingerprint density at radius 3 is 2.35 bits per heavy atom. The van der Waals surface area contributed by atoms with Gasteiger partial charge in [-0.1, -0.05) is 44.5 Å². The molecule has 0 radical (unpaired) electrons. The van der Waals surface area contributed by atoms with Gasteiger partial charge in [0.15, 0.2) is 0 Å². The molecule has 2 aliphatic carbocycles. The lowest BCUT2D eigenvalue weighted by Crippen LogP contribution is -2.37. The van der Waals surface area contributed by atoms with Crippen LogP contribution in [0.1, 0.15) is 81.9 Å². The second kappa shape index (κ2) is 6.30. The minimum atomic E-state index is 0.602. The van der Waals surface area contributed by atoms with Crippen molar-refractivity contribution in [2.45, 2.75) is 76.8 Å². The van der Waals surface area contributed by atoms with E-state index in [4.69, 9.17) is 0 Å². The van der Waals surface area contributed by atoms with Gasteiger partial charge in [0.25, 0.3) is 0 Å². The number of fused-ring (bicyclic) bond motifs is 1. The van der Waals surface area contributed by atoms with Crippen LogP contribution in [0.25, 0.3) is 0 Å². The van der Waals surface area contributed by atoms with Crippen LogP contribution in [0.5, 0.6) is 0 Å². The quantitative estimate of drug-likeness (QED) is 0.798. The first kappa shape index (κ1) is 14.1. The third-order valence-electron chi connectivity index (χ3n) is 5.65. The van der Waals surface area contributed by atoms with E-state index in [1.807, 2.05) is 0 Å². The van der Waals surface area contributed by atoms with Gasteiger partial charge in [-0.05, 0) is 61.5 Å². The summed E-state index contributed by atoms with van der Waals surface area (Å²) in [6.45, 7) is 4.72. The minimum Gasteiger partial charge on any atom is -0.307 e. The standard InChI is InChI=1S/C19H29N/c1-3-15-9-11-16(12-10-15)20-19-13-8-14(2)17-6-4-5-7-18(17)19/h4-7,14-16,19-20H,3,8-13H2,1-2H3. The summed E-state index contributed by atoms with van der Waals surface area (Å²) in [7, 11) is 0. The van der Waals surface area contributed by atoms with Crippen molar-refractivity contribution in [1.29, 1.82) is 0 Å². The molecule has 1 aromatic carbocycles. The van der Waals surface area contributed by atoms with Gasteiger partial charge < -0.3 is 5.32 Å². The molecule has 20 heavy (non-hydrogen) atoms. The van der Waals surface area contributed by atoms with Gasteiger partial charge in [0.05, 0.1) is 0 Å². The Bertz CT molecular complexity index is 431. The number of nitrogens with one attached hydrogen (secondary N) is 1. The van der Waals surface area contributed by atoms with Crippen molar-refractivity contribution in [1.82, 2.24) is 5.32 Å². The van der Waals surface area contributed by atoms with Crippen LogP contribution >= 0.6 is 0 Å². The third kappa shape index (κ3) is 2.93. The molecule has 3 rings (SSSR count). The van der Waals surface area contributed by atoms with Gasteiger partial charge in [0.1, 0.15) is 0 Å². The van der Waals surface area contributed by atoms with E-state index in [2.05, 4.69) is 43.4 Å². The third-order valence-corrected chi connectivity index (χ3v) is 5.65. The van der Waals surface area contributed by atoms with Gasteiger partial charge in [0.2, 0.25) is 0 Å². The lowest BCUT2D eigenvalue weighted by molar-refractivity contribution is 0.259. The van der Waals surface area contributed by atoms with E-state index in [1.54, 1.807) is 11.1 Å². The van der Waals surface area contributed by atoms with E-state index in [-0.39, 0.29) is 0 Å². The Hall–Kier alpha value is -0.820. The van der Waals surface area contributed by atoms with Crippen molar-refractivity contribution < 1.29 is 0 Å². The zero-order valence-electron chi connectivity index (χ0n) is 13.1. The zero-order valence-corrected chi connectivity index (χ0v) is 13.1. The van der Waals surface area contributed by atoms with Gasteiger partial charge in [-0.2, -0.15) is 0 Å². The summed E-state index contributed by atoms with van der Waals surface area (Å²) in [6.07, 6.45) is 9.64. The SMILES string of the molecule is CCC1CCC(NC2CCC(C)c3ccccc32)CC1. The smallest absolute Gasteiger partial charge is 0.0325 e. The second-order valence-corrected chi connectivity index (χ2v) is 6.95. The zero-order chi connectivity index (χ0) is 13.9. The summed E-state index contributed by atoms with van der Waals surface area (Å²) in [6, 6.07) is 10.4. The summed E-state index contributed by atoms with van der Waals surface area (Å²) in [4.78, 5) is 0. The molecule has 0 aromatic heterocycles. The van der Waals surface area contributed by atoms with Crippen molar-refractivity contribution in [2.24, 2.45) is 5.92 Å². The number of rotatable bonds is 3. The largest absolute Gasteiger partial charge is 0.307 e. The van der Waals surface area contributed by atoms with Crippen molar-refractivity contribution in [3.8, 4) is 0 Å². The van der Waals surface area contributed by atoms with Crippen molar-refractivity contribution in [2.75, 3.05) is 0 Å². The molecule has 1 aromatic rings. The minimum absolute atomic E-state index is 0.602. The maximum Gasteiger partial charge on any atom is 0.0325 e. The maximum atomic E-state index is 3.98. The second-order valence-electron chi connectivity index (χ2n) is 6.95. The molecule has 0 aliphatic heterocycles. The Balaban J connectivity index is 1.66. The maximum absolute atomic E-state index is 3.98. The molecule has 2 atom stereocenters. The summed E-state index contributed by atoms with van der Waals surface area (Å²) in [5.74, 6) is 1.73. The van der Waals surface area contributed by atoms with Crippen LogP contribution in [0.2, 0.25) is 0 Å². The highest BCUT2D eigenvalue weighted by atomic mass is 15.0. The van der Waals surface area contributed by atoms with E-state index in [1.165, 1.54) is 44.9 Å². The fourth-order valence-electron chi connectivity index (χ4n) is 4.20. The fourth-order valence-corrected chi connectivity index (χ4v) is 4.20. The van der Waals surface area contributed by atoms with Crippen molar-refractivity contribution in [3.05, 3.63) is 35.4 Å². The van der Waals surface area contributed by atoms with Gasteiger partial charge in [0, 0.05) is 12.1 Å². The average molecular weight is 271 g/mol. The summed E-state index contributed by atoms with van der Waals surface area (Å²) in [5.41, 5.74) is 3.15. The monoisotopic (exact) mass is 271 g/mol. The predicted octanol–water partition coefficient (Wildman–Crippen LogP) is 5.18. The lowest BCUT2D eigenvalue weighted by atomic mass is 9.79. The first-order chi connectivity index (χ1) is 9.78. The summed E-state index contributed by atoms with van der Waals surface area (Å²) in [5, 5.41) is 3.98. The molecular weight excluding hydrogens is 242 g/mol. The topological polar surface area (TPSA) is 12.0 Å². The molecule has 110 valence electrons. The molecule has 2 unspecified atom stereocenters. The van der Waals surface area contributed by atoms with Crippen LogP contribution in [-0.4, -0.2) is 6.04 Å². The van der Waals surface area contributed by atoms with Crippen LogP contribution in [-0.2, 0) is 0 Å². The van der Waals surface area contributed by atoms with E-state index in [0.717, 1.165) is 17.9 Å². The van der Waals surface area contributed by atoms with Gasteiger partial charge in [-0.15, -0.1) is 0 Å². The Kier molecular flexibility index (Phi) is 4.45. The number of benzene rings is 1. The first-order valence-electron chi connectivity index (χ1n) is 8.62. The molecule has 1 fully saturated rings. The van der Waals surface area contributed by atoms with E-state index in [0.29, 0.717) is 6.04 Å². The van der Waals surface area contributed by atoms with Crippen molar-refractivity contribution >= 4 is 0 Å². The summed E-state index contributed by atoms with van der Waals surface area (Å²) >= 11 is 0. The molecule has 1 saturated carbocycles. The first-order valence-corrected chi connectivity index (χ1v) is 8.62. The van der Waals surface area contributed by atoms with E-state index < -0.39 is 0 Å². The molecule has 1 heteroatoms. The van der Waals surface area contributed by atoms with Crippen LogP contribution < -0.4 is 5.32 Å². The molecular formula is C19H29N. The molecule has 0 amide bonds. The lowest BCUT2D eigenvalue weighted by Gasteiger charge is -2.36. The van der Waals surface area contributed by atoms with E-state index in [9.17, 15) is 0 Å². The highest BCUT2D eigenvalue weighted by Crippen LogP contribution is 2.38. The number of hydrogen-bond donors (Lipinski definition) is 1. The predicted molar refractivity (Wildman–Crippen MR) is 86.0 cm³/mol. The Morgan fingerprint density at radius 2 is 1.65 bits per heavy atom. The Labute approximate surface area is 124 Å². The van der Waals surface area contributed by atoms with Crippen LogP contribution in [0.3, 0.4) is 0 Å². The molecule has 1 nitrogen and oxygen atoms in total. The van der Waals surface area contributed by atoms with Gasteiger partial charge >= 0.3 is 0 Å². The van der Waals surface area contributed by atoms with Gasteiger partial charge in [-0.3, -0.25) is 0 Å². The highest BCUT2D eigenvalue weighted by Gasteiger charge is 2.27. The molecule has 0 saturated heterocycles. The van der Waals surface area contributed by atoms with E-state index >= 15 is 0 Å².